The van der Waals surface area contributed by atoms with Crippen molar-refractivity contribution in [3.8, 4) is 0 Å². The minimum atomic E-state index is 0.853. The molecule has 1 nitrogen and oxygen atoms in total. The average molecular weight is 177 g/mol. The monoisotopic (exact) mass is 177 g/mol. The highest BCUT2D eigenvalue weighted by Gasteiger charge is 2.13. The van der Waals surface area contributed by atoms with E-state index >= 15 is 0 Å². The Labute approximate surface area is 81.2 Å². The number of hydrogen-bond donors (Lipinski definition) is 0. The fourth-order valence-corrected chi connectivity index (χ4v) is 1.76. The van der Waals surface area contributed by atoms with Gasteiger partial charge in [0.1, 0.15) is 0 Å². The van der Waals surface area contributed by atoms with Crippen LogP contribution in [0.3, 0.4) is 0 Å². The molecule has 13 heavy (non-hydrogen) atoms. The third-order valence-corrected chi connectivity index (χ3v) is 2.48. The van der Waals surface area contributed by atoms with Crippen LogP contribution >= 0.6 is 0 Å². The number of aryl methyl sites for hydroxylation is 1. The normalized spacial score (nSPS) is 19.8. The van der Waals surface area contributed by atoms with Crippen molar-refractivity contribution in [1.82, 2.24) is 4.98 Å². The maximum atomic E-state index is 4.13. The number of pyridine rings is 1. The summed E-state index contributed by atoms with van der Waals surface area (Å²) >= 11 is 0. The minimum Gasteiger partial charge on any atom is -0.264 e. The number of rotatable bonds is 0. The number of nitrogens with zero attached hydrogens (tertiary/aromatic N) is 1. The molecule has 0 aromatic carbocycles. The van der Waals surface area contributed by atoms with Crippen molar-refractivity contribution in [2.24, 2.45) is 5.92 Å². The summed E-state index contributed by atoms with van der Waals surface area (Å²) in [6.07, 6.45) is 7.74. The standard InChI is InChI=1S/C10H13N.C2H6/c1-8-2-3-9-4-5-11-7-10(9)6-8;1-2/h4-5,7-8H,2-3,6H2,1H3;1-2H3. The number of hydrogen-bond acceptors (Lipinski definition) is 1. The van der Waals surface area contributed by atoms with Gasteiger partial charge in [-0.25, -0.2) is 0 Å². The van der Waals surface area contributed by atoms with Gasteiger partial charge in [-0.1, -0.05) is 20.8 Å². The largest absolute Gasteiger partial charge is 0.264 e. The fourth-order valence-electron chi connectivity index (χ4n) is 1.76. The first-order chi connectivity index (χ1) is 6.36. The van der Waals surface area contributed by atoms with Crippen LogP contribution < -0.4 is 0 Å². The van der Waals surface area contributed by atoms with E-state index in [1.54, 1.807) is 0 Å². The lowest BCUT2D eigenvalue weighted by atomic mass is 9.86. The summed E-state index contributed by atoms with van der Waals surface area (Å²) < 4.78 is 0. The molecule has 1 aromatic rings. The van der Waals surface area contributed by atoms with Crippen LogP contribution in [-0.4, -0.2) is 4.98 Å². The Morgan fingerprint density at radius 2 is 2.08 bits per heavy atom. The van der Waals surface area contributed by atoms with Gasteiger partial charge in [0.25, 0.3) is 0 Å². The molecule has 0 saturated carbocycles. The topological polar surface area (TPSA) is 12.9 Å². The Kier molecular flexibility index (Phi) is 3.94. The highest BCUT2D eigenvalue weighted by Crippen LogP contribution is 2.23. The molecule has 1 aliphatic carbocycles. The molecule has 0 radical (unpaired) electrons. The molecule has 0 fully saturated rings. The summed E-state index contributed by atoms with van der Waals surface area (Å²) in [7, 11) is 0. The molecule has 1 atom stereocenters. The van der Waals surface area contributed by atoms with Crippen LogP contribution in [0.1, 0.15) is 38.3 Å². The lowest BCUT2D eigenvalue weighted by molar-refractivity contribution is 0.500. The van der Waals surface area contributed by atoms with Crippen LogP contribution in [0.2, 0.25) is 0 Å². The Hall–Kier alpha value is -0.850. The van der Waals surface area contributed by atoms with Crippen molar-refractivity contribution in [3.63, 3.8) is 0 Å². The van der Waals surface area contributed by atoms with Crippen molar-refractivity contribution in [1.29, 1.82) is 0 Å². The molecule has 2 rings (SSSR count). The summed E-state index contributed by atoms with van der Waals surface area (Å²) in [6, 6.07) is 2.15. The quantitative estimate of drug-likeness (QED) is 0.593. The fraction of sp³-hybridized carbons (Fsp3) is 0.583. The Balaban J connectivity index is 0.000000396. The van der Waals surface area contributed by atoms with E-state index in [0.29, 0.717) is 0 Å². The van der Waals surface area contributed by atoms with Crippen LogP contribution in [-0.2, 0) is 12.8 Å². The van der Waals surface area contributed by atoms with Crippen molar-refractivity contribution in [3.05, 3.63) is 29.6 Å². The van der Waals surface area contributed by atoms with Gasteiger partial charge in [-0.3, -0.25) is 4.98 Å². The Bertz CT molecular complexity index is 255. The average Bonchev–Trinajstić information content (AvgIpc) is 2.21. The molecular weight excluding hydrogens is 158 g/mol. The van der Waals surface area contributed by atoms with E-state index in [4.69, 9.17) is 0 Å². The summed E-state index contributed by atoms with van der Waals surface area (Å²) in [4.78, 5) is 4.13. The molecule has 0 bridgehead atoms. The van der Waals surface area contributed by atoms with Crippen molar-refractivity contribution < 1.29 is 0 Å². The summed E-state index contributed by atoms with van der Waals surface area (Å²) in [5, 5.41) is 0. The predicted octanol–water partition coefficient (Wildman–Crippen LogP) is 3.23. The van der Waals surface area contributed by atoms with Crippen molar-refractivity contribution in [2.75, 3.05) is 0 Å². The molecule has 0 saturated heterocycles. The van der Waals surface area contributed by atoms with Gasteiger partial charge in [0.05, 0.1) is 0 Å². The summed E-state index contributed by atoms with van der Waals surface area (Å²) in [5.74, 6) is 0.853. The zero-order valence-electron chi connectivity index (χ0n) is 8.88. The van der Waals surface area contributed by atoms with Gasteiger partial charge < -0.3 is 0 Å². The second kappa shape index (κ2) is 5.00. The van der Waals surface area contributed by atoms with Crippen LogP contribution in [0.25, 0.3) is 0 Å². The van der Waals surface area contributed by atoms with Gasteiger partial charge in [0.15, 0.2) is 0 Å². The van der Waals surface area contributed by atoms with E-state index < -0.39 is 0 Å². The first-order valence-corrected chi connectivity index (χ1v) is 5.28. The minimum absolute atomic E-state index is 0.853. The van der Waals surface area contributed by atoms with Gasteiger partial charge in [0.2, 0.25) is 0 Å². The molecule has 1 aliphatic rings. The molecule has 0 aliphatic heterocycles. The molecule has 0 spiro atoms. The third-order valence-electron chi connectivity index (χ3n) is 2.48. The van der Waals surface area contributed by atoms with Gasteiger partial charge in [-0.2, -0.15) is 0 Å². The molecular formula is C12H19N. The summed E-state index contributed by atoms with van der Waals surface area (Å²) in [5.41, 5.74) is 2.98. The second-order valence-electron chi connectivity index (χ2n) is 3.49. The zero-order chi connectivity index (χ0) is 9.68. The lowest BCUT2D eigenvalue weighted by Crippen LogP contribution is -2.11. The first kappa shape index (κ1) is 10.2. The highest BCUT2D eigenvalue weighted by molar-refractivity contribution is 5.25. The molecule has 0 amide bonds. The number of aromatic nitrogens is 1. The van der Waals surface area contributed by atoms with E-state index in [1.165, 1.54) is 30.4 Å². The van der Waals surface area contributed by atoms with Crippen LogP contribution in [0.5, 0.6) is 0 Å². The van der Waals surface area contributed by atoms with Gasteiger partial charge in [-0.05, 0) is 42.4 Å². The second-order valence-corrected chi connectivity index (χ2v) is 3.49. The SMILES string of the molecule is CC.CC1CCc2ccncc2C1. The maximum absolute atomic E-state index is 4.13. The van der Waals surface area contributed by atoms with Crippen molar-refractivity contribution >= 4 is 0 Å². The Morgan fingerprint density at radius 3 is 2.85 bits per heavy atom. The number of fused-ring (bicyclic) bond motifs is 1. The van der Waals surface area contributed by atoms with Gasteiger partial charge >= 0.3 is 0 Å². The van der Waals surface area contributed by atoms with Gasteiger partial charge in [-0.15, -0.1) is 0 Å². The predicted molar refractivity (Wildman–Crippen MR) is 56.8 cm³/mol. The first-order valence-electron chi connectivity index (χ1n) is 5.28. The van der Waals surface area contributed by atoms with E-state index in [2.05, 4.69) is 18.0 Å². The molecule has 1 heteroatoms. The van der Waals surface area contributed by atoms with E-state index in [-0.39, 0.29) is 0 Å². The molecule has 72 valence electrons. The lowest BCUT2D eigenvalue weighted by Gasteiger charge is -2.20. The molecule has 1 aromatic heterocycles. The highest BCUT2D eigenvalue weighted by atomic mass is 14.6. The third kappa shape index (κ3) is 2.55. The van der Waals surface area contributed by atoms with E-state index in [1.807, 2.05) is 26.2 Å². The molecule has 1 heterocycles. The zero-order valence-corrected chi connectivity index (χ0v) is 8.88. The summed E-state index contributed by atoms with van der Waals surface area (Å²) in [6.45, 7) is 6.32. The van der Waals surface area contributed by atoms with E-state index in [0.717, 1.165) is 5.92 Å². The van der Waals surface area contributed by atoms with Crippen LogP contribution in [0, 0.1) is 5.92 Å². The Morgan fingerprint density at radius 1 is 1.31 bits per heavy atom. The molecule has 0 N–H and O–H groups in total. The van der Waals surface area contributed by atoms with Crippen molar-refractivity contribution in [2.45, 2.75) is 40.0 Å². The smallest absolute Gasteiger partial charge is 0.0302 e. The van der Waals surface area contributed by atoms with E-state index in [9.17, 15) is 0 Å². The van der Waals surface area contributed by atoms with Crippen LogP contribution in [0.4, 0.5) is 0 Å². The van der Waals surface area contributed by atoms with Gasteiger partial charge in [0, 0.05) is 12.4 Å². The van der Waals surface area contributed by atoms with Crippen LogP contribution in [0.15, 0.2) is 18.5 Å². The maximum Gasteiger partial charge on any atom is 0.0302 e. The molecule has 1 unspecified atom stereocenters.